The van der Waals surface area contributed by atoms with Crippen molar-refractivity contribution in [2.75, 3.05) is 17.7 Å². The molecule has 0 aliphatic rings. The smallest absolute Gasteiger partial charge is 0.399 e. The van der Waals surface area contributed by atoms with Crippen molar-refractivity contribution in [2.45, 2.75) is 12.7 Å². The number of nitrogen functional groups attached to an aromatic ring is 1. The van der Waals surface area contributed by atoms with Crippen LogP contribution in [0.1, 0.15) is 5.82 Å². The molecule has 1 aromatic carbocycles. The number of imidazole rings is 1. The number of hydrogen-bond donors (Lipinski definition) is 1. The number of aryl methyl sites for hydroxylation is 1. The first-order valence-corrected chi connectivity index (χ1v) is 7.65. The largest absolute Gasteiger partial charge is 0.449 e. The zero-order chi connectivity index (χ0) is 15.1. The van der Waals surface area contributed by atoms with Crippen LogP contribution in [0.5, 0.6) is 0 Å². The Kier molecular flexibility index (Phi) is 3.41. The summed E-state index contributed by atoms with van der Waals surface area (Å²) < 4.78 is 62.0. The van der Waals surface area contributed by atoms with Gasteiger partial charge in [0.15, 0.2) is 0 Å². The Morgan fingerprint density at radius 1 is 1.35 bits per heavy atom. The van der Waals surface area contributed by atoms with Crippen molar-refractivity contribution in [1.82, 2.24) is 9.55 Å². The first-order valence-electron chi connectivity index (χ1n) is 5.58. The second-order valence-electron chi connectivity index (χ2n) is 4.46. The Labute approximate surface area is 113 Å². The maximum Gasteiger partial charge on any atom is 0.449 e. The predicted molar refractivity (Wildman–Crippen MR) is 68.9 cm³/mol. The quantitative estimate of drug-likeness (QED) is 0.875. The van der Waals surface area contributed by atoms with Gasteiger partial charge in [-0.1, -0.05) is 0 Å². The molecule has 1 heterocycles. The third-order valence-electron chi connectivity index (χ3n) is 2.71. The van der Waals surface area contributed by atoms with Crippen molar-refractivity contribution in [3.63, 3.8) is 0 Å². The molecule has 20 heavy (non-hydrogen) atoms. The molecule has 0 unspecified atom stereocenters. The molecule has 2 N–H and O–H groups in total. The van der Waals surface area contributed by atoms with Crippen LogP contribution in [-0.2, 0) is 22.6 Å². The molecule has 0 saturated carbocycles. The van der Waals surface area contributed by atoms with E-state index in [1.165, 1.54) is 18.2 Å². The Morgan fingerprint density at radius 2 is 2.00 bits per heavy atom. The monoisotopic (exact) mass is 307 g/mol. The van der Waals surface area contributed by atoms with Crippen molar-refractivity contribution < 1.29 is 21.6 Å². The van der Waals surface area contributed by atoms with Gasteiger partial charge in [-0.15, -0.1) is 0 Å². The second kappa shape index (κ2) is 4.65. The molecule has 0 fully saturated rings. The van der Waals surface area contributed by atoms with Crippen molar-refractivity contribution >= 4 is 26.6 Å². The summed E-state index contributed by atoms with van der Waals surface area (Å²) in [5.74, 6) is -1.52. The van der Waals surface area contributed by atoms with Crippen LogP contribution in [0.15, 0.2) is 18.2 Å². The van der Waals surface area contributed by atoms with Gasteiger partial charge in [-0.05, 0) is 18.2 Å². The lowest BCUT2D eigenvalue weighted by atomic mass is 10.3. The molecule has 0 amide bonds. The van der Waals surface area contributed by atoms with Gasteiger partial charge < -0.3 is 10.3 Å². The lowest BCUT2D eigenvalue weighted by Gasteiger charge is -2.10. The van der Waals surface area contributed by atoms with Gasteiger partial charge in [0, 0.05) is 18.5 Å². The van der Waals surface area contributed by atoms with Gasteiger partial charge >= 0.3 is 6.18 Å². The third kappa shape index (κ3) is 3.03. The SMILES string of the molecule is CS(=O)(=O)CCn1c(C(F)(F)F)nc2cc(N)ccc21. The summed E-state index contributed by atoms with van der Waals surface area (Å²) in [6.45, 7) is -0.311. The van der Waals surface area contributed by atoms with E-state index in [2.05, 4.69) is 4.98 Å². The Morgan fingerprint density at radius 3 is 2.55 bits per heavy atom. The van der Waals surface area contributed by atoms with Crippen LogP contribution in [0, 0.1) is 0 Å². The van der Waals surface area contributed by atoms with E-state index in [0.29, 0.717) is 5.69 Å². The standard InChI is InChI=1S/C11H12F3N3O2S/c1-20(18,19)5-4-17-9-3-2-7(15)6-8(9)16-10(17)11(12,13)14/h2-3,6H,4-5,15H2,1H3. The molecule has 1 aromatic heterocycles. The predicted octanol–water partition coefficient (Wildman–Crippen LogP) is 1.68. The molecule has 110 valence electrons. The van der Waals surface area contributed by atoms with Gasteiger partial charge in [-0.3, -0.25) is 0 Å². The van der Waals surface area contributed by atoms with Gasteiger partial charge in [0.2, 0.25) is 5.82 Å². The van der Waals surface area contributed by atoms with Gasteiger partial charge in [0.1, 0.15) is 9.84 Å². The number of hydrogen-bond acceptors (Lipinski definition) is 4. The topological polar surface area (TPSA) is 78.0 Å². The number of nitrogens with zero attached hydrogens (tertiary/aromatic N) is 2. The Balaban J connectivity index is 2.59. The molecule has 0 radical (unpaired) electrons. The lowest BCUT2D eigenvalue weighted by Crippen LogP contribution is -2.19. The molecule has 0 aliphatic heterocycles. The summed E-state index contributed by atoms with van der Waals surface area (Å²) >= 11 is 0. The molecule has 0 bridgehead atoms. The summed E-state index contributed by atoms with van der Waals surface area (Å²) in [7, 11) is -3.38. The van der Waals surface area contributed by atoms with Crippen LogP contribution in [0.3, 0.4) is 0 Å². The van der Waals surface area contributed by atoms with Gasteiger partial charge in [-0.2, -0.15) is 13.2 Å². The van der Waals surface area contributed by atoms with E-state index in [0.717, 1.165) is 10.8 Å². The molecule has 9 heteroatoms. The molecular weight excluding hydrogens is 295 g/mol. The van der Waals surface area contributed by atoms with Gasteiger partial charge in [0.25, 0.3) is 0 Å². The zero-order valence-corrected chi connectivity index (χ0v) is 11.3. The summed E-state index contributed by atoms with van der Waals surface area (Å²) in [4.78, 5) is 3.51. The zero-order valence-electron chi connectivity index (χ0n) is 10.5. The van der Waals surface area contributed by atoms with Crippen LogP contribution < -0.4 is 5.73 Å². The Hall–Kier alpha value is -1.77. The van der Waals surface area contributed by atoms with E-state index < -0.39 is 27.6 Å². The van der Waals surface area contributed by atoms with Crippen molar-refractivity contribution in [2.24, 2.45) is 0 Å². The average molecular weight is 307 g/mol. The van der Waals surface area contributed by atoms with E-state index >= 15 is 0 Å². The highest BCUT2D eigenvalue weighted by atomic mass is 32.2. The number of benzene rings is 1. The molecular formula is C11H12F3N3O2S. The Bertz CT molecular complexity index is 750. The van der Waals surface area contributed by atoms with Crippen LogP contribution >= 0.6 is 0 Å². The van der Waals surface area contributed by atoms with E-state index in [1.807, 2.05) is 0 Å². The highest BCUT2D eigenvalue weighted by Crippen LogP contribution is 2.32. The van der Waals surface area contributed by atoms with Crippen LogP contribution in [0.25, 0.3) is 11.0 Å². The minimum absolute atomic E-state index is 0.0887. The normalized spacial score (nSPS) is 13.0. The van der Waals surface area contributed by atoms with Crippen LogP contribution in [0.2, 0.25) is 0 Å². The van der Waals surface area contributed by atoms with Crippen LogP contribution in [0.4, 0.5) is 18.9 Å². The van der Waals surface area contributed by atoms with Crippen LogP contribution in [-0.4, -0.2) is 30.0 Å². The van der Waals surface area contributed by atoms with Gasteiger partial charge in [-0.25, -0.2) is 13.4 Å². The van der Waals surface area contributed by atoms with E-state index in [1.54, 1.807) is 0 Å². The summed E-state index contributed by atoms with van der Waals surface area (Å²) in [5.41, 5.74) is 6.09. The highest BCUT2D eigenvalue weighted by molar-refractivity contribution is 7.90. The molecule has 2 aromatic rings. The maximum absolute atomic E-state index is 12.9. The van der Waals surface area contributed by atoms with E-state index in [9.17, 15) is 21.6 Å². The molecule has 0 saturated heterocycles. The molecule has 0 atom stereocenters. The first-order chi connectivity index (χ1) is 9.08. The van der Waals surface area contributed by atoms with E-state index in [-0.39, 0.29) is 17.6 Å². The first kappa shape index (κ1) is 14.6. The molecule has 0 aliphatic carbocycles. The summed E-state index contributed by atoms with van der Waals surface area (Å²) in [6, 6.07) is 4.16. The maximum atomic E-state index is 12.9. The molecule has 0 spiro atoms. The summed E-state index contributed by atoms with van der Waals surface area (Å²) in [5, 5.41) is 0. The fraction of sp³-hybridized carbons (Fsp3) is 0.364. The second-order valence-corrected chi connectivity index (χ2v) is 6.72. The fourth-order valence-electron chi connectivity index (χ4n) is 1.85. The van der Waals surface area contributed by atoms with Crippen molar-refractivity contribution in [3.8, 4) is 0 Å². The number of alkyl halides is 3. The number of nitrogens with two attached hydrogens (primary N) is 1. The lowest BCUT2D eigenvalue weighted by molar-refractivity contribution is -0.146. The number of rotatable bonds is 3. The highest BCUT2D eigenvalue weighted by Gasteiger charge is 2.37. The van der Waals surface area contributed by atoms with E-state index in [4.69, 9.17) is 5.73 Å². The third-order valence-corrected chi connectivity index (χ3v) is 3.64. The minimum atomic E-state index is -4.66. The summed E-state index contributed by atoms with van der Waals surface area (Å²) in [6.07, 6.45) is -3.69. The van der Waals surface area contributed by atoms with Crippen molar-refractivity contribution in [1.29, 1.82) is 0 Å². The number of halogens is 3. The average Bonchev–Trinajstić information content (AvgIpc) is 2.62. The van der Waals surface area contributed by atoms with Gasteiger partial charge in [0.05, 0.1) is 16.8 Å². The van der Waals surface area contributed by atoms with Crippen molar-refractivity contribution in [3.05, 3.63) is 24.0 Å². The fourth-order valence-corrected chi connectivity index (χ4v) is 2.36. The number of anilines is 1. The minimum Gasteiger partial charge on any atom is -0.399 e. The molecule has 5 nitrogen and oxygen atoms in total. The molecule has 2 rings (SSSR count). The number of sulfone groups is 1. The number of aromatic nitrogens is 2. The number of fused-ring (bicyclic) bond motifs is 1.